The van der Waals surface area contributed by atoms with Crippen LogP contribution in [-0.4, -0.2) is 40.7 Å². The number of aromatic amines is 1. The van der Waals surface area contributed by atoms with Crippen LogP contribution in [0.3, 0.4) is 0 Å². The highest BCUT2D eigenvalue weighted by atomic mass is 35.5. The SMILES string of the molecule is C[C@H](NC(=O)c1cc2c(C3CCCNC3)cc(-c3c(O)cccc3OCC3CC3)nc2[nH]c1=O)c1ccccc1.Cl. The van der Waals surface area contributed by atoms with Crippen molar-refractivity contribution in [1.82, 2.24) is 20.6 Å². The fourth-order valence-corrected chi connectivity index (χ4v) is 5.45. The Labute approximate surface area is 245 Å². The van der Waals surface area contributed by atoms with Gasteiger partial charge in [-0.25, -0.2) is 4.98 Å². The Bertz CT molecular complexity index is 1600. The van der Waals surface area contributed by atoms with Gasteiger partial charge in [-0.05, 0) is 86.4 Å². The van der Waals surface area contributed by atoms with Gasteiger partial charge in [0.05, 0.1) is 23.9 Å². The van der Waals surface area contributed by atoms with E-state index in [1.54, 1.807) is 18.2 Å². The number of phenols is 1. The van der Waals surface area contributed by atoms with E-state index in [9.17, 15) is 14.7 Å². The summed E-state index contributed by atoms with van der Waals surface area (Å²) in [5.74, 6) is 0.910. The van der Waals surface area contributed by atoms with Gasteiger partial charge in [-0.1, -0.05) is 36.4 Å². The number of pyridine rings is 2. The number of amides is 1. The van der Waals surface area contributed by atoms with Gasteiger partial charge in [0.2, 0.25) is 0 Å². The number of fused-ring (bicyclic) bond motifs is 1. The molecule has 1 saturated heterocycles. The van der Waals surface area contributed by atoms with Crippen LogP contribution in [0.5, 0.6) is 11.5 Å². The highest BCUT2D eigenvalue weighted by Crippen LogP contribution is 2.41. The number of nitrogens with zero attached hydrogens (tertiary/aromatic N) is 1. The number of carbonyl (C=O) groups is 1. The average molecular weight is 575 g/mol. The summed E-state index contributed by atoms with van der Waals surface area (Å²) < 4.78 is 6.10. The number of piperidine rings is 1. The summed E-state index contributed by atoms with van der Waals surface area (Å²) in [6.45, 7) is 4.22. The first-order valence-corrected chi connectivity index (χ1v) is 14.1. The van der Waals surface area contributed by atoms with Gasteiger partial charge in [0, 0.05) is 11.9 Å². The molecule has 9 heteroatoms. The van der Waals surface area contributed by atoms with E-state index in [-0.39, 0.29) is 35.7 Å². The van der Waals surface area contributed by atoms with Gasteiger partial charge in [0.15, 0.2) is 0 Å². The second-order valence-electron chi connectivity index (χ2n) is 10.9. The van der Waals surface area contributed by atoms with E-state index in [4.69, 9.17) is 9.72 Å². The van der Waals surface area contributed by atoms with Crippen molar-refractivity contribution in [2.45, 2.75) is 44.6 Å². The number of phenolic OH excluding ortho intramolecular Hbond substituents is 1. The van der Waals surface area contributed by atoms with Crippen LogP contribution in [0.2, 0.25) is 0 Å². The summed E-state index contributed by atoms with van der Waals surface area (Å²) in [6.07, 6.45) is 4.29. The van der Waals surface area contributed by atoms with Crippen molar-refractivity contribution < 1.29 is 14.6 Å². The van der Waals surface area contributed by atoms with Gasteiger partial charge in [0.25, 0.3) is 11.5 Å². The number of H-pyrrole nitrogens is 1. The van der Waals surface area contributed by atoms with Gasteiger partial charge < -0.3 is 25.5 Å². The molecule has 6 rings (SSSR count). The van der Waals surface area contributed by atoms with Crippen molar-refractivity contribution in [1.29, 1.82) is 0 Å². The van der Waals surface area contributed by atoms with Gasteiger partial charge in [0.1, 0.15) is 22.7 Å². The molecular weight excluding hydrogens is 540 g/mol. The van der Waals surface area contributed by atoms with Crippen molar-refractivity contribution >= 4 is 29.3 Å². The van der Waals surface area contributed by atoms with Gasteiger partial charge in [-0.2, -0.15) is 0 Å². The molecule has 1 amide bonds. The molecule has 0 spiro atoms. The number of hydrogen-bond acceptors (Lipinski definition) is 6. The summed E-state index contributed by atoms with van der Waals surface area (Å²) in [5, 5.41) is 18.0. The van der Waals surface area contributed by atoms with Crippen molar-refractivity contribution in [3.8, 4) is 22.8 Å². The maximum atomic E-state index is 13.3. The number of carbonyl (C=O) groups excluding carboxylic acids is 1. The predicted octanol–water partition coefficient (Wildman–Crippen LogP) is 5.46. The smallest absolute Gasteiger partial charge is 0.262 e. The summed E-state index contributed by atoms with van der Waals surface area (Å²) in [7, 11) is 0. The number of benzene rings is 2. The second kappa shape index (κ2) is 12.3. The summed E-state index contributed by atoms with van der Waals surface area (Å²) in [4.78, 5) is 34.1. The zero-order valence-electron chi connectivity index (χ0n) is 23.0. The van der Waals surface area contributed by atoms with E-state index >= 15 is 0 Å². The Hall–Kier alpha value is -3.88. The molecule has 8 nitrogen and oxygen atoms in total. The van der Waals surface area contributed by atoms with Gasteiger partial charge in [-0.3, -0.25) is 9.59 Å². The molecule has 0 bridgehead atoms. The molecule has 2 aromatic heterocycles. The van der Waals surface area contributed by atoms with E-state index in [2.05, 4.69) is 15.6 Å². The van der Waals surface area contributed by atoms with Crippen LogP contribution < -0.4 is 20.9 Å². The van der Waals surface area contributed by atoms with Crippen molar-refractivity contribution in [3.05, 3.63) is 87.7 Å². The molecule has 1 unspecified atom stereocenters. The molecule has 4 N–H and O–H groups in total. The van der Waals surface area contributed by atoms with Crippen molar-refractivity contribution in [2.24, 2.45) is 5.92 Å². The number of ether oxygens (including phenoxy) is 1. The number of rotatable bonds is 8. The van der Waals surface area contributed by atoms with Crippen LogP contribution in [0.15, 0.2) is 65.5 Å². The van der Waals surface area contributed by atoms with Crippen molar-refractivity contribution in [3.63, 3.8) is 0 Å². The van der Waals surface area contributed by atoms with Crippen LogP contribution in [0, 0.1) is 5.92 Å². The number of nitrogens with one attached hydrogen (secondary N) is 3. The Kier molecular flexibility index (Phi) is 8.61. The molecule has 41 heavy (non-hydrogen) atoms. The zero-order chi connectivity index (χ0) is 27.6. The molecule has 1 saturated carbocycles. The monoisotopic (exact) mass is 574 g/mol. The highest BCUT2D eigenvalue weighted by molar-refractivity contribution is 5.98. The Balaban J connectivity index is 0.00000337. The second-order valence-corrected chi connectivity index (χ2v) is 10.9. The lowest BCUT2D eigenvalue weighted by atomic mass is 9.88. The third-order valence-electron chi connectivity index (χ3n) is 7.92. The molecule has 2 aliphatic rings. The predicted molar refractivity (Wildman–Crippen MR) is 162 cm³/mol. The summed E-state index contributed by atoms with van der Waals surface area (Å²) >= 11 is 0. The lowest BCUT2D eigenvalue weighted by Crippen LogP contribution is -2.32. The molecule has 0 radical (unpaired) electrons. The van der Waals surface area contributed by atoms with Crippen molar-refractivity contribution in [2.75, 3.05) is 19.7 Å². The zero-order valence-corrected chi connectivity index (χ0v) is 23.8. The largest absolute Gasteiger partial charge is 0.507 e. The van der Waals surface area contributed by atoms with Crippen LogP contribution >= 0.6 is 12.4 Å². The molecule has 2 fully saturated rings. The number of aromatic nitrogens is 2. The molecule has 1 aliphatic carbocycles. The van der Waals surface area contributed by atoms with Crippen LogP contribution in [0.4, 0.5) is 0 Å². The summed E-state index contributed by atoms with van der Waals surface area (Å²) in [5.41, 5.74) is 2.89. The molecule has 2 aromatic carbocycles. The minimum atomic E-state index is -0.509. The van der Waals surface area contributed by atoms with E-state index in [0.29, 0.717) is 35.2 Å². The number of hydrogen-bond donors (Lipinski definition) is 4. The lowest BCUT2D eigenvalue weighted by molar-refractivity contribution is 0.0938. The van der Waals surface area contributed by atoms with Gasteiger partial charge >= 0.3 is 0 Å². The van der Waals surface area contributed by atoms with Crippen LogP contribution in [0.1, 0.15) is 66.1 Å². The molecular formula is C32H35ClN4O4. The third-order valence-corrected chi connectivity index (χ3v) is 7.92. The molecule has 214 valence electrons. The fourth-order valence-electron chi connectivity index (χ4n) is 5.45. The first kappa shape index (κ1) is 28.6. The minimum Gasteiger partial charge on any atom is -0.507 e. The van der Waals surface area contributed by atoms with E-state index in [1.807, 2.05) is 49.4 Å². The van der Waals surface area contributed by atoms with Gasteiger partial charge in [-0.15, -0.1) is 12.4 Å². The van der Waals surface area contributed by atoms with Crippen LogP contribution in [0.25, 0.3) is 22.3 Å². The maximum absolute atomic E-state index is 13.3. The molecule has 1 aliphatic heterocycles. The first-order valence-electron chi connectivity index (χ1n) is 14.1. The van der Waals surface area contributed by atoms with E-state index < -0.39 is 11.5 Å². The Morgan fingerprint density at radius 1 is 1.12 bits per heavy atom. The lowest BCUT2D eigenvalue weighted by Gasteiger charge is -2.25. The standard InChI is InChI=1S/C32H34N4O4.ClH/c1-19(21-7-3-2-4-8-21)34-31(38)25-15-24-23(22-9-6-14-33-17-22)16-26(35-30(24)36-32(25)39)29-27(37)10-5-11-28(29)40-18-20-12-13-20;/h2-5,7-8,10-11,15-16,19-20,22,33,37H,6,9,12-14,17-18H2,1H3,(H,34,38)(H,35,36,39);1H/t19-,22?;/m0./s1. The normalized spacial score (nSPS) is 17.4. The molecule has 3 heterocycles. The maximum Gasteiger partial charge on any atom is 0.262 e. The van der Waals surface area contributed by atoms with E-state index in [1.165, 1.54) is 0 Å². The topological polar surface area (TPSA) is 116 Å². The molecule has 2 atom stereocenters. The third kappa shape index (κ3) is 6.24. The Morgan fingerprint density at radius 3 is 2.66 bits per heavy atom. The fraction of sp³-hybridized carbons (Fsp3) is 0.344. The number of halogens is 1. The summed E-state index contributed by atoms with van der Waals surface area (Å²) in [6, 6.07) is 18.2. The van der Waals surface area contributed by atoms with E-state index in [0.717, 1.165) is 55.3 Å². The number of aromatic hydroxyl groups is 1. The van der Waals surface area contributed by atoms with Crippen LogP contribution in [-0.2, 0) is 0 Å². The Morgan fingerprint density at radius 2 is 1.93 bits per heavy atom. The minimum absolute atomic E-state index is 0. The average Bonchev–Trinajstić information content (AvgIpc) is 3.80. The molecule has 4 aromatic rings. The highest BCUT2D eigenvalue weighted by Gasteiger charge is 2.26. The quantitative estimate of drug-likeness (QED) is 0.222. The first-order chi connectivity index (χ1) is 19.5.